The van der Waals surface area contributed by atoms with Crippen molar-refractivity contribution in [1.82, 2.24) is 0 Å². The van der Waals surface area contributed by atoms with Crippen LogP contribution in [-0.2, 0) is 10.3 Å². The highest BCUT2D eigenvalue weighted by atomic mass is 31.0. The molecule has 110 valence electrons. The first-order valence-corrected chi connectivity index (χ1v) is 7.87. The van der Waals surface area contributed by atoms with E-state index in [0.717, 1.165) is 22.0 Å². The van der Waals surface area contributed by atoms with Crippen LogP contribution >= 0.6 is 9.24 Å². The summed E-state index contributed by atoms with van der Waals surface area (Å²) in [4.78, 5) is 0. The zero-order valence-corrected chi connectivity index (χ0v) is 13.7. The van der Waals surface area contributed by atoms with E-state index in [-0.39, 0.29) is 0 Å². The van der Waals surface area contributed by atoms with E-state index in [9.17, 15) is 0 Å². The number of hydrogen-bond acceptors (Lipinski definition) is 1. The molecule has 2 heteroatoms. The SMILES string of the molecule is COC(c1ccccc1)(c1ccccc1)c1ccc(P)cc1. The molecule has 0 radical (unpaired) electrons. The van der Waals surface area contributed by atoms with Gasteiger partial charge in [0.05, 0.1) is 0 Å². The van der Waals surface area contributed by atoms with Crippen LogP contribution in [0.4, 0.5) is 0 Å². The van der Waals surface area contributed by atoms with Crippen LogP contribution in [0.1, 0.15) is 16.7 Å². The van der Waals surface area contributed by atoms with Crippen LogP contribution in [0.3, 0.4) is 0 Å². The molecule has 0 bridgehead atoms. The lowest BCUT2D eigenvalue weighted by Gasteiger charge is -2.34. The van der Waals surface area contributed by atoms with Crippen molar-refractivity contribution >= 4 is 14.5 Å². The monoisotopic (exact) mass is 306 g/mol. The van der Waals surface area contributed by atoms with Gasteiger partial charge in [0.1, 0.15) is 5.60 Å². The standard InChI is InChI=1S/C20H19OP/c1-21-20(16-8-4-2-5-9-16,17-10-6-3-7-11-17)18-12-14-19(22)15-13-18/h2-15H,22H2,1H3. The number of ether oxygens (including phenoxy) is 1. The van der Waals surface area contributed by atoms with Crippen molar-refractivity contribution in [2.75, 3.05) is 7.11 Å². The number of rotatable bonds is 4. The molecule has 0 N–H and O–H groups in total. The summed E-state index contributed by atoms with van der Waals surface area (Å²) in [5.74, 6) is 0. The Morgan fingerprint density at radius 2 is 1.05 bits per heavy atom. The number of hydrogen-bond donors (Lipinski definition) is 0. The van der Waals surface area contributed by atoms with Crippen LogP contribution < -0.4 is 5.30 Å². The third kappa shape index (κ3) is 2.59. The Balaban J connectivity index is 2.28. The van der Waals surface area contributed by atoms with Gasteiger partial charge in [-0.05, 0) is 22.0 Å². The Kier molecular flexibility index (Phi) is 4.38. The van der Waals surface area contributed by atoms with Crippen LogP contribution in [0.25, 0.3) is 0 Å². The highest BCUT2D eigenvalue weighted by Gasteiger charge is 2.36. The zero-order valence-electron chi connectivity index (χ0n) is 12.6. The summed E-state index contributed by atoms with van der Waals surface area (Å²) in [7, 11) is 4.50. The second-order valence-corrected chi connectivity index (χ2v) is 5.91. The van der Waals surface area contributed by atoms with Crippen LogP contribution in [0, 0.1) is 0 Å². The summed E-state index contributed by atoms with van der Waals surface area (Å²) in [6.45, 7) is 0. The molecule has 0 fully saturated rings. The summed E-state index contributed by atoms with van der Waals surface area (Å²) in [6, 6.07) is 29.2. The van der Waals surface area contributed by atoms with Crippen LogP contribution in [-0.4, -0.2) is 7.11 Å². The molecule has 0 saturated heterocycles. The molecule has 0 aliphatic carbocycles. The van der Waals surface area contributed by atoms with Crippen molar-refractivity contribution in [3.63, 3.8) is 0 Å². The lowest BCUT2D eigenvalue weighted by Crippen LogP contribution is -2.31. The molecule has 3 aromatic rings. The molecule has 3 rings (SSSR count). The third-order valence-electron chi connectivity index (χ3n) is 3.98. The summed E-state index contributed by atoms with van der Waals surface area (Å²) < 4.78 is 6.13. The third-order valence-corrected chi connectivity index (χ3v) is 4.37. The molecule has 0 saturated carbocycles. The first kappa shape index (κ1) is 15.0. The molecule has 0 aliphatic heterocycles. The second-order valence-electron chi connectivity index (χ2n) is 5.24. The first-order chi connectivity index (χ1) is 10.8. The quantitative estimate of drug-likeness (QED) is 0.520. The van der Waals surface area contributed by atoms with E-state index in [2.05, 4.69) is 82.0 Å². The maximum Gasteiger partial charge on any atom is 0.143 e. The van der Waals surface area contributed by atoms with Crippen molar-refractivity contribution in [3.05, 3.63) is 102 Å². The molecule has 0 heterocycles. The van der Waals surface area contributed by atoms with Gasteiger partial charge in [-0.3, -0.25) is 0 Å². The van der Waals surface area contributed by atoms with Crippen LogP contribution in [0.5, 0.6) is 0 Å². The molecule has 0 aromatic heterocycles. The zero-order chi connectivity index (χ0) is 15.4. The lowest BCUT2D eigenvalue weighted by atomic mass is 9.80. The first-order valence-electron chi connectivity index (χ1n) is 7.29. The Morgan fingerprint density at radius 3 is 1.45 bits per heavy atom. The number of methoxy groups -OCH3 is 1. The Labute approximate surface area is 134 Å². The van der Waals surface area contributed by atoms with Crippen molar-refractivity contribution in [2.45, 2.75) is 5.60 Å². The van der Waals surface area contributed by atoms with Crippen molar-refractivity contribution in [3.8, 4) is 0 Å². The Hall–Kier alpha value is -1.95. The minimum absolute atomic E-state index is 0.596. The fourth-order valence-corrected chi connectivity index (χ4v) is 3.11. The molecule has 1 nitrogen and oxygen atoms in total. The predicted molar refractivity (Wildman–Crippen MR) is 95.6 cm³/mol. The largest absolute Gasteiger partial charge is 0.364 e. The summed E-state index contributed by atoms with van der Waals surface area (Å²) in [5.41, 5.74) is 2.78. The Morgan fingerprint density at radius 1 is 0.636 bits per heavy atom. The fraction of sp³-hybridized carbons (Fsp3) is 0.100. The van der Waals surface area contributed by atoms with E-state index < -0.39 is 5.60 Å². The lowest BCUT2D eigenvalue weighted by molar-refractivity contribution is 0.0585. The van der Waals surface area contributed by atoms with E-state index in [1.165, 1.54) is 0 Å². The summed E-state index contributed by atoms with van der Waals surface area (Å²) >= 11 is 0. The van der Waals surface area contributed by atoms with Gasteiger partial charge in [0, 0.05) is 7.11 Å². The molecule has 1 atom stereocenters. The molecule has 3 aromatic carbocycles. The van der Waals surface area contributed by atoms with E-state index in [1.807, 2.05) is 12.1 Å². The molecule has 0 spiro atoms. The molecule has 0 amide bonds. The fourth-order valence-electron chi connectivity index (χ4n) is 2.92. The normalized spacial score (nSPS) is 11.4. The van der Waals surface area contributed by atoms with E-state index in [4.69, 9.17) is 4.74 Å². The van der Waals surface area contributed by atoms with Crippen molar-refractivity contribution in [1.29, 1.82) is 0 Å². The molecule has 22 heavy (non-hydrogen) atoms. The highest BCUT2D eigenvalue weighted by molar-refractivity contribution is 7.27. The molecular weight excluding hydrogens is 287 g/mol. The Bertz CT molecular complexity index is 681. The van der Waals surface area contributed by atoms with Gasteiger partial charge < -0.3 is 4.74 Å². The van der Waals surface area contributed by atoms with Crippen molar-refractivity contribution in [2.24, 2.45) is 0 Å². The van der Waals surface area contributed by atoms with Gasteiger partial charge in [0.15, 0.2) is 0 Å². The smallest absolute Gasteiger partial charge is 0.143 e. The van der Waals surface area contributed by atoms with Crippen LogP contribution in [0.2, 0.25) is 0 Å². The average Bonchev–Trinajstić information content (AvgIpc) is 2.59. The average molecular weight is 306 g/mol. The minimum Gasteiger partial charge on any atom is -0.364 e. The van der Waals surface area contributed by atoms with E-state index in [0.29, 0.717) is 0 Å². The van der Waals surface area contributed by atoms with Gasteiger partial charge in [0.25, 0.3) is 0 Å². The second kappa shape index (κ2) is 6.44. The topological polar surface area (TPSA) is 9.23 Å². The molecule has 1 unspecified atom stereocenters. The van der Waals surface area contributed by atoms with Gasteiger partial charge in [-0.25, -0.2) is 0 Å². The van der Waals surface area contributed by atoms with Crippen LogP contribution in [0.15, 0.2) is 84.9 Å². The van der Waals surface area contributed by atoms with E-state index in [1.54, 1.807) is 7.11 Å². The summed E-state index contributed by atoms with van der Waals surface area (Å²) in [6.07, 6.45) is 0. The molecular formula is C20H19OP. The van der Waals surface area contributed by atoms with Crippen molar-refractivity contribution < 1.29 is 4.74 Å². The summed E-state index contributed by atoms with van der Waals surface area (Å²) in [5, 5.41) is 1.16. The van der Waals surface area contributed by atoms with Gasteiger partial charge >= 0.3 is 0 Å². The highest BCUT2D eigenvalue weighted by Crippen LogP contribution is 2.39. The molecule has 0 aliphatic rings. The van der Waals surface area contributed by atoms with Gasteiger partial charge in [-0.15, -0.1) is 9.24 Å². The number of benzene rings is 3. The van der Waals surface area contributed by atoms with Gasteiger partial charge in [-0.2, -0.15) is 0 Å². The van der Waals surface area contributed by atoms with Gasteiger partial charge in [-0.1, -0.05) is 84.9 Å². The maximum atomic E-state index is 6.13. The van der Waals surface area contributed by atoms with E-state index >= 15 is 0 Å². The predicted octanol–water partition coefficient (Wildman–Crippen LogP) is 4.13. The maximum absolute atomic E-state index is 6.13. The van der Waals surface area contributed by atoms with Gasteiger partial charge in [0.2, 0.25) is 0 Å². The minimum atomic E-state index is -0.596.